The van der Waals surface area contributed by atoms with Crippen LogP contribution >= 0.6 is 0 Å². The summed E-state index contributed by atoms with van der Waals surface area (Å²) in [6.07, 6.45) is -3.71. The maximum absolute atomic E-state index is 12.9. The van der Waals surface area contributed by atoms with Gasteiger partial charge in [-0.05, 0) is 30.3 Å². The molecule has 0 aliphatic carbocycles. The van der Waals surface area contributed by atoms with Gasteiger partial charge in [0.25, 0.3) is 5.91 Å². The average molecular weight is 416 g/mol. The Morgan fingerprint density at radius 3 is 2.59 bits per heavy atom. The topological polar surface area (TPSA) is 77.8 Å². The number of nitrogens with zero attached hydrogens (tertiary/aromatic N) is 3. The molecule has 2 aromatic heterocycles. The fourth-order valence-corrected chi connectivity index (χ4v) is 2.49. The molecule has 7 nitrogen and oxygen atoms in total. The van der Waals surface area contributed by atoms with Crippen LogP contribution in [-0.2, 0) is 12.7 Å². The van der Waals surface area contributed by atoms with Gasteiger partial charge in [-0.25, -0.2) is 0 Å². The van der Waals surface area contributed by atoms with Gasteiger partial charge >= 0.3 is 12.8 Å². The third kappa shape index (κ3) is 4.52. The molecule has 0 aliphatic rings. The highest BCUT2D eigenvalue weighted by molar-refractivity contribution is 5.94. The lowest BCUT2D eigenvalue weighted by Gasteiger charge is -2.11. The Kier molecular flexibility index (Phi) is 5.52. The number of aromatic nitrogens is 3. The molecule has 1 aromatic carbocycles. The molecule has 0 unspecified atom stereocenters. The van der Waals surface area contributed by atoms with Gasteiger partial charge in [-0.15, -0.1) is 10.2 Å². The highest BCUT2D eigenvalue weighted by Gasteiger charge is 2.31. The molecule has 3 rings (SSSR count). The number of benzene rings is 1. The van der Waals surface area contributed by atoms with Gasteiger partial charge in [0.05, 0.1) is 19.2 Å². The molecule has 154 valence electrons. The molecule has 1 N–H and O–H groups in total. The highest BCUT2D eigenvalue weighted by atomic mass is 19.4. The Bertz CT molecular complexity index is 1040. The van der Waals surface area contributed by atoms with Crippen molar-refractivity contribution >= 4 is 11.6 Å². The van der Waals surface area contributed by atoms with Crippen LogP contribution in [0.1, 0.15) is 21.7 Å². The quantitative estimate of drug-likeness (QED) is 0.624. The van der Waals surface area contributed by atoms with Crippen molar-refractivity contribution in [1.29, 1.82) is 0 Å². The first-order valence-electron chi connectivity index (χ1n) is 8.01. The summed E-state index contributed by atoms with van der Waals surface area (Å²) in [4.78, 5) is 12.3. The maximum Gasteiger partial charge on any atom is 0.417 e. The van der Waals surface area contributed by atoms with Crippen molar-refractivity contribution in [2.45, 2.75) is 19.3 Å². The molecular weight excluding hydrogens is 403 g/mol. The Morgan fingerprint density at radius 2 is 1.93 bits per heavy atom. The Labute approximate surface area is 160 Å². The second kappa shape index (κ2) is 7.89. The second-order valence-electron chi connectivity index (χ2n) is 5.69. The second-order valence-corrected chi connectivity index (χ2v) is 5.69. The standard InChI is InChI=1S/C17H13F5N4O3/c1-28-12-6-9(2-4-11(12)29-16(18)19)15(27)23-7-14-25-24-13-5-3-10(8-26(13)14)17(20,21)22/h2-6,8,16H,7H2,1H3,(H,23,27). The smallest absolute Gasteiger partial charge is 0.417 e. The van der Waals surface area contributed by atoms with Crippen LogP contribution in [-0.4, -0.2) is 34.2 Å². The lowest BCUT2D eigenvalue weighted by molar-refractivity contribution is -0.137. The number of hydrogen-bond acceptors (Lipinski definition) is 5. The number of halogens is 5. The van der Waals surface area contributed by atoms with Crippen LogP contribution in [0.2, 0.25) is 0 Å². The van der Waals surface area contributed by atoms with E-state index in [1.54, 1.807) is 0 Å². The zero-order valence-corrected chi connectivity index (χ0v) is 14.7. The number of nitrogens with one attached hydrogen (secondary N) is 1. The largest absolute Gasteiger partial charge is 0.493 e. The van der Waals surface area contributed by atoms with Crippen molar-refractivity contribution in [2.24, 2.45) is 0 Å². The van der Waals surface area contributed by atoms with E-state index in [1.165, 1.54) is 19.2 Å². The molecule has 1 amide bonds. The highest BCUT2D eigenvalue weighted by Crippen LogP contribution is 2.30. The van der Waals surface area contributed by atoms with E-state index in [9.17, 15) is 26.7 Å². The summed E-state index contributed by atoms with van der Waals surface area (Å²) in [6, 6.07) is 5.60. The van der Waals surface area contributed by atoms with Crippen molar-refractivity contribution in [3.63, 3.8) is 0 Å². The molecule has 2 heterocycles. The van der Waals surface area contributed by atoms with Crippen molar-refractivity contribution in [3.05, 3.63) is 53.5 Å². The predicted octanol–water partition coefficient (Wildman–Crippen LogP) is 3.29. The molecule has 12 heteroatoms. The molecule has 0 saturated heterocycles. The number of fused-ring (bicyclic) bond motifs is 1. The zero-order valence-electron chi connectivity index (χ0n) is 14.7. The molecule has 3 aromatic rings. The normalized spacial score (nSPS) is 11.7. The van der Waals surface area contributed by atoms with Gasteiger partial charge in [0.2, 0.25) is 0 Å². The van der Waals surface area contributed by atoms with Crippen LogP contribution in [0, 0.1) is 0 Å². The summed E-state index contributed by atoms with van der Waals surface area (Å²) in [5, 5.41) is 9.99. The molecule has 0 bridgehead atoms. The van der Waals surface area contributed by atoms with Crippen LogP contribution in [0.15, 0.2) is 36.5 Å². The maximum atomic E-state index is 12.9. The molecular formula is C17H13F5N4O3. The van der Waals surface area contributed by atoms with Gasteiger partial charge < -0.3 is 14.8 Å². The molecule has 29 heavy (non-hydrogen) atoms. The number of alkyl halides is 5. The van der Waals surface area contributed by atoms with E-state index >= 15 is 0 Å². The van der Waals surface area contributed by atoms with Gasteiger partial charge in [0, 0.05) is 11.8 Å². The molecule has 0 fully saturated rings. The monoisotopic (exact) mass is 416 g/mol. The minimum absolute atomic E-state index is 0.0632. The van der Waals surface area contributed by atoms with Gasteiger partial charge in [-0.1, -0.05) is 0 Å². The summed E-state index contributed by atoms with van der Waals surface area (Å²) in [6.45, 7) is -3.29. The Hall–Kier alpha value is -3.44. The summed E-state index contributed by atoms with van der Waals surface area (Å²) in [7, 11) is 1.22. The number of pyridine rings is 1. The van der Waals surface area contributed by atoms with E-state index in [0.717, 1.165) is 28.8 Å². The summed E-state index contributed by atoms with van der Waals surface area (Å²) < 4.78 is 73.7. The minimum Gasteiger partial charge on any atom is -0.493 e. The number of carbonyl (C=O) groups excluding carboxylic acids is 1. The first kappa shape index (κ1) is 20.3. The third-order valence-corrected chi connectivity index (χ3v) is 3.85. The van der Waals surface area contributed by atoms with Crippen LogP contribution in [0.4, 0.5) is 22.0 Å². The number of carbonyl (C=O) groups is 1. The van der Waals surface area contributed by atoms with E-state index in [-0.39, 0.29) is 35.1 Å². The fourth-order valence-electron chi connectivity index (χ4n) is 2.49. The lowest BCUT2D eigenvalue weighted by atomic mass is 10.2. The van der Waals surface area contributed by atoms with Crippen molar-refractivity contribution in [2.75, 3.05) is 7.11 Å². The van der Waals surface area contributed by atoms with Gasteiger partial charge in [-0.3, -0.25) is 9.20 Å². The molecule has 0 saturated carbocycles. The van der Waals surface area contributed by atoms with Gasteiger partial charge in [0.15, 0.2) is 23.0 Å². The predicted molar refractivity (Wildman–Crippen MR) is 88.8 cm³/mol. The van der Waals surface area contributed by atoms with E-state index < -0.39 is 24.3 Å². The van der Waals surface area contributed by atoms with E-state index in [2.05, 4.69) is 20.3 Å². The number of rotatable bonds is 6. The van der Waals surface area contributed by atoms with Gasteiger partial charge in [0.1, 0.15) is 0 Å². The Balaban J connectivity index is 1.77. The molecule has 0 aliphatic heterocycles. The van der Waals surface area contributed by atoms with Crippen LogP contribution in [0.3, 0.4) is 0 Å². The number of hydrogen-bond donors (Lipinski definition) is 1. The lowest BCUT2D eigenvalue weighted by Crippen LogP contribution is -2.24. The Morgan fingerprint density at radius 1 is 1.17 bits per heavy atom. The number of methoxy groups -OCH3 is 1. The molecule has 0 atom stereocenters. The van der Waals surface area contributed by atoms with Crippen molar-refractivity contribution in [3.8, 4) is 11.5 Å². The van der Waals surface area contributed by atoms with Crippen molar-refractivity contribution in [1.82, 2.24) is 19.9 Å². The average Bonchev–Trinajstić information content (AvgIpc) is 3.07. The number of amides is 1. The minimum atomic E-state index is -4.54. The van der Waals surface area contributed by atoms with E-state index in [4.69, 9.17) is 4.74 Å². The van der Waals surface area contributed by atoms with Crippen molar-refractivity contribution < 1.29 is 36.2 Å². The summed E-state index contributed by atoms with van der Waals surface area (Å²) >= 11 is 0. The van der Waals surface area contributed by atoms with Gasteiger partial charge in [-0.2, -0.15) is 22.0 Å². The number of ether oxygens (including phenoxy) is 2. The SMILES string of the molecule is COc1cc(C(=O)NCc2nnc3ccc(C(F)(F)F)cn23)ccc1OC(F)F. The summed E-state index contributed by atoms with van der Waals surface area (Å²) in [5.41, 5.74) is -0.651. The van der Waals surface area contributed by atoms with Crippen LogP contribution < -0.4 is 14.8 Å². The third-order valence-electron chi connectivity index (χ3n) is 3.85. The zero-order chi connectivity index (χ0) is 21.2. The fraction of sp³-hybridized carbons (Fsp3) is 0.235. The molecule has 0 radical (unpaired) electrons. The summed E-state index contributed by atoms with van der Waals surface area (Å²) in [5.74, 6) is -0.887. The van der Waals surface area contributed by atoms with E-state index in [1.807, 2.05) is 0 Å². The van der Waals surface area contributed by atoms with Crippen LogP contribution in [0.5, 0.6) is 11.5 Å². The first-order chi connectivity index (χ1) is 13.7. The molecule has 0 spiro atoms. The van der Waals surface area contributed by atoms with E-state index in [0.29, 0.717) is 0 Å². The van der Waals surface area contributed by atoms with Crippen LogP contribution in [0.25, 0.3) is 5.65 Å². The first-order valence-corrected chi connectivity index (χ1v) is 8.01.